The lowest BCUT2D eigenvalue weighted by Crippen LogP contribution is -2.13. The van der Waals surface area contributed by atoms with Crippen molar-refractivity contribution >= 4 is 45.0 Å². The zero-order valence-electron chi connectivity index (χ0n) is 14.4. The predicted octanol–water partition coefficient (Wildman–Crippen LogP) is 4.97. The van der Waals surface area contributed by atoms with E-state index < -0.39 is 17.6 Å². The molecule has 3 aromatic heterocycles. The Hall–Kier alpha value is -2.94. The number of rotatable bonds is 3. The summed E-state index contributed by atoms with van der Waals surface area (Å²) in [5.74, 6) is -0.547. The van der Waals surface area contributed by atoms with Crippen LogP contribution in [-0.2, 0) is 6.18 Å². The number of anilines is 2. The van der Waals surface area contributed by atoms with Gasteiger partial charge in [0.05, 0.1) is 16.9 Å². The minimum atomic E-state index is -4.49. The maximum Gasteiger partial charge on any atom is 0.417 e. The number of nitrogen functional groups attached to an aromatic ring is 1. The number of allylic oxidation sites excluding steroid dienone is 1. The first kappa shape index (κ1) is 18.8. The summed E-state index contributed by atoms with van der Waals surface area (Å²) < 4.78 is 37.7. The third-order valence-electron chi connectivity index (χ3n) is 3.59. The first-order valence-electron chi connectivity index (χ1n) is 7.83. The number of nitrogens with zero attached hydrogens (tertiary/aromatic N) is 2. The Bertz CT molecular complexity index is 1040. The quantitative estimate of drug-likeness (QED) is 0.660. The number of amides is 1. The smallest absolute Gasteiger partial charge is 0.397 e. The fraction of sp³-hybridized carbons (Fsp3) is 0.167. The van der Waals surface area contributed by atoms with Crippen molar-refractivity contribution in [3.63, 3.8) is 0 Å². The summed E-state index contributed by atoms with van der Waals surface area (Å²) in [7, 11) is 0. The van der Waals surface area contributed by atoms with Crippen molar-refractivity contribution < 1.29 is 18.0 Å². The fourth-order valence-corrected chi connectivity index (χ4v) is 3.36. The van der Waals surface area contributed by atoms with Gasteiger partial charge in [-0.1, -0.05) is 5.57 Å². The van der Waals surface area contributed by atoms with Gasteiger partial charge in [-0.2, -0.15) is 13.2 Å². The lowest BCUT2D eigenvalue weighted by Gasteiger charge is -2.07. The highest BCUT2D eigenvalue weighted by Crippen LogP contribution is 2.33. The van der Waals surface area contributed by atoms with E-state index in [1.807, 2.05) is 19.9 Å². The number of thiophene rings is 1. The minimum absolute atomic E-state index is 0.00282. The van der Waals surface area contributed by atoms with Crippen LogP contribution in [0.5, 0.6) is 0 Å². The first-order chi connectivity index (χ1) is 12.6. The van der Waals surface area contributed by atoms with E-state index in [2.05, 4.69) is 15.3 Å². The molecule has 3 N–H and O–H groups in total. The topological polar surface area (TPSA) is 80.9 Å². The summed E-state index contributed by atoms with van der Waals surface area (Å²) in [6.07, 6.45) is -1.92. The van der Waals surface area contributed by atoms with Crippen molar-refractivity contribution in [1.29, 1.82) is 0 Å². The molecule has 0 unspecified atom stereocenters. The molecule has 3 rings (SSSR count). The first-order valence-corrected chi connectivity index (χ1v) is 8.65. The third-order valence-corrected chi connectivity index (χ3v) is 4.70. The molecule has 9 heteroatoms. The molecule has 0 radical (unpaired) electrons. The summed E-state index contributed by atoms with van der Waals surface area (Å²) in [4.78, 5) is 21.4. The van der Waals surface area contributed by atoms with Gasteiger partial charge in [0, 0.05) is 11.6 Å². The average Bonchev–Trinajstić information content (AvgIpc) is 2.90. The van der Waals surface area contributed by atoms with Gasteiger partial charge < -0.3 is 11.1 Å². The van der Waals surface area contributed by atoms with Gasteiger partial charge in [-0.05, 0) is 44.2 Å². The second-order valence-electron chi connectivity index (χ2n) is 6.04. The van der Waals surface area contributed by atoms with E-state index in [0.717, 1.165) is 34.7 Å². The van der Waals surface area contributed by atoms with E-state index >= 15 is 0 Å². The number of carbonyl (C=O) groups excluding carboxylic acids is 1. The molecular formula is C18H15F3N4OS. The second kappa shape index (κ2) is 6.99. The van der Waals surface area contributed by atoms with Crippen molar-refractivity contribution in [2.24, 2.45) is 0 Å². The molecule has 0 spiro atoms. The molecule has 0 aliphatic carbocycles. The molecule has 140 valence electrons. The highest BCUT2D eigenvalue weighted by atomic mass is 32.1. The number of hydrogen-bond acceptors (Lipinski definition) is 5. The molecule has 0 saturated heterocycles. The van der Waals surface area contributed by atoms with Crippen LogP contribution in [0.15, 0.2) is 36.0 Å². The zero-order valence-corrected chi connectivity index (χ0v) is 15.2. The number of aromatic nitrogens is 2. The molecule has 1 amide bonds. The Morgan fingerprint density at radius 2 is 1.96 bits per heavy atom. The number of hydrogen-bond donors (Lipinski definition) is 2. The lowest BCUT2D eigenvalue weighted by atomic mass is 10.2. The van der Waals surface area contributed by atoms with Crippen LogP contribution in [0.4, 0.5) is 24.7 Å². The van der Waals surface area contributed by atoms with Crippen LogP contribution in [0.2, 0.25) is 0 Å². The van der Waals surface area contributed by atoms with Gasteiger partial charge in [-0.3, -0.25) is 4.79 Å². The normalized spacial score (nSPS) is 11.4. The van der Waals surface area contributed by atoms with Crippen LogP contribution in [0.3, 0.4) is 0 Å². The summed E-state index contributed by atoms with van der Waals surface area (Å²) >= 11 is 1.11. The number of carbonyl (C=O) groups is 1. The highest BCUT2D eigenvalue weighted by molar-refractivity contribution is 7.21. The summed E-state index contributed by atoms with van der Waals surface area (Å²) in [5.41, 5.74) is 7.27. The van der Waals surface area contributed by atoms with Crippen LogP contribution in [0.25, 0.3) is 16.3 Å². The van der Waals surface area contributed by atoms with Gasteiger partial charge >= 0.3 is 6.18 Å². The monoisotopic (exact) mass is 392 g/mol. The van der Waals surface area contributed by atoms with E-state index in [1.54, 1.807) is 12.1 Å². The largest absolute Gasteiger partial charge is 0.417 e. The van der Waals surface area contributed by atoms with Crippen molar-refractivity contribution in [1.82, 2.24) is 9.97 Å². The molecule has 0 fully saturated rings. The molecule has 0 bridgehead atoms. The van der Waals surface area contributed by atoms with E-state index in [9.17, 15) is 18.0 Å². The van der Waals surface area contributed by atoms with E-state index in [4.69, 9.17) is 5.73 Å². The van der Waals surface area contributed by atoms with Crippen molar-refractivity contribution in [3.05, 3.63) is 52.2 Å². The SMILES string of the molecule is CC(C)=Cc1ccc2c(N)c(C(=O)Nc3ccc(C(F)(F)F)cn3)sc2n1. The lowest BCUT2D eigenvalue weighted by molar-refractivity contribution is -0.137. The molecule has 3 aromatic rings. The molecule has 0 aromatic carbocycles. The Balaban J connectivity index is 1.87. The van der Waals surface area contributed by atoms with Gasteiger partial charge in [0.2, 0.25) is 0 Å². The number of nitrogens with one attached hydrogen (secondary N) is 1. The van der Waals surface area contributed by atoms with Crippen LogP contribution >= 0.6 is 11.3 Å². The molecule has 5 nitrogen and oxygen atoms in total. The van der Waals surface area contributed by atoms with E-state index in [-0.39, 0.29) is 16.4 Å². The van der Waals surface area contributed by atoms with Crippen molar-refractivity contribution in [2.45, 2.75) is 20.0 Å². The molecule has 3 heterocycles. The van der Waals surface area contributed by atoms with Gasteiger partial charge in [-0.25, -0.2) is 9.97 Å². The molecular weight excluding hydrogens is 377 g/mol. The number of alkyl halides is 3. The van der Waals surface area contributed by atoms with Gasteiger partial charge in [0.15, 0.2) is 0 Å². The number of halogens is 3. The molecule has 0 atom stereocenters. The molecule has 0 saturated carbocycles. The number of pyridine rings is 2. The van der Waals surface area contributed by atoms with Crippen LogP contribution in [0, 0.1) is 0 Å². The van der Waals surface area contributed by atoms with Gasteiger partial charge in [-0.15, -0.1) is 11.3 Å². The second-order valence-corrected chi connectivity index (χ2v) is 7.04. The summed E-state index contributed by atoms with van der Waals surface area (Å²) in [5, 5.41) is 3.11. The summed E-state index contributed by atoms with van der Waals surface area (Å²) in [6, 6.07) is 5.53. The van der Waals surface area contributed by atoms with Gasteiger partial charge in [0.1, 0.15) is 15.5 Å². The third kappa shape index (κ3) is 4.08. The maximum atomic E-state index is 12.6. The molecule has 27 heavy (non-hydrogen) atoms. The van der Waals surface area contributed by atoms with Crippen LogP contribution in [-0.4, -0.2) is 15.9 Å². The van der Waals surface area contributed by atoms with E-state index in [0.29, 0.717) is 16.4 Å². The number of fused-ring (bicyclic) bond motifs is 1. The summed E-state index contributed by atoms with van der Waals surface area (Å²) in [6.45, 7) is 3.90. The van der Waals surface area contributed by atoms with Crippen molar-refractivity contribution in [2.75, 3.05) is 11.1 Å². The van der Waals surface area contributed by atoms with Gasteiger partial charge in [0.25, 0.3) is 5.91 Å². The van der Waals surface area contributed by atoms with E-state index in [1.165, 1.54) is 0 Å². The Morgan fingerprint density at radius 3 is 2.56 bits per heavy atom. The number of nitrogens with two attached hydrogens (primary N) is 1. The standard InChI is InChI=1S/C18H15F3N4OS/c1-9(2)7-11-4-5-12-14(22)15(27-17(12)24-11)16(26)25-13-6-3-10(8-23-13)18(19,20)21/h3-8H,22H2,1-2H3,(H,23,25,26). The fourth-order valence-electron chi connectivity index (χ4n) is 2.36. The van der Waals surface area contributed by atoms with Crippen LogP contribution < -0.4 is 11.1 Å². The minimum Gasteiger partial charge on any atom is -0.397 e. The Kier molecular flexibility index (Phi) is 4.88. The Morgan fingerprint density at radius 1 is 1.22 bits per heavy atom. The van der Waals surface area contributed by atoms with Crippen LogP contribution in [0.1, 0.15) is 34.8 Å². The van der Waals surface area contributed by atoms with Crippen molar-refractivity contribution in [3.8, 4) is 0 Å². The molecule has 0 aliphatic heterocycles. The molecule has 0 aliphatic rings. The highest BCUT2D eigenvalue weighted by Gasteiger charge is 2.30. The maximum absolute atomic E-state index is 12.6. The Labute approximate surface area is 156 Å². The predicted molar refractivity (Wildman–Crippen MR) is 101 cm³/mol. The zero-order chi connectivity index (χ0) is 19.8. The average molecular weight is 392 g/mol.